The maximum Gasteiger partial charge on any atom is 0.0285 e. The Kier molecular flexibility index (Phi) is 13.2. The van der Waals surface area contributed by atoms with Crippen LogP contribution >= 0.6 is 0 Å². The van der Waals surface area contributed by atoms with Crippen molar-refractivity contribution in [2.24, 2.45) is 47.3 Å². The molecule has 0 N–H and O–H groups in total. The van der Waals surface area contributed by atoms with Crippen LogP contribution in [0.15, 0.2) is 82.0 Å². The summed E-state index contributed by atoms with van der Waals surface area (Å²) >= 11 is 0. The topological polar surface area (TPSA) is 3.24 Å². The lowest BCUT2D eigenvalue weighted by atomic mass is 9.61. The zero-order valence-electron chi connectivity index (χ0n) is 33.5. The fourth-order valence-corrected chi connectivity index (χ4v) is 12.6. The van der Waals surface area contributed by atoms with Crippen LogP contribution in [0, 0.1) is 47.3 Å². The number of fused-ring (bicyclic) bond motifs is 3. The highest BCUT2D eigenvalue weighted by Crippen LogP contribution is 2.52. The maximum atomic E-state index is 3.06. The average Bonchev–Trinajstić information content (AvgIpc) is 3.20. The molecule has 1 aliphatic heterocycles. The summed E-state index contributed by atoms with van der Waals surface area (Å²) in [7, 11) is 0. The molecule has 0 aromatic rings. The van der Waals surface area contributed by atoms with E-state index in [1.54, 1.807) is 11.1 Å². The van der Waals surface area contributed by atoms with Crippen molar-refractivity contribution in [2.45, 2.75) is 169 Å². The number of hydrogen-bond acceptors (Lipinski definition) is 1. The van der Waals surface area contributed by atoms with Crippen LogP contribution in [0.2, 0.25) is 0 Å². The quantitative estimate of drug-likeness (QED) is 0.229. The lowest BCUT2D eigenvalue weighted by Crippen LogP contribution is -2.42. The Bertz CT molecular complexity index is 1390. The summed E-state index contributed by atoms with van der Waals surface area (Å²) in [6.07, 6.45) is 49.3. The zero-order chi connectivity index (χ0) is 35.2. The second-order valence-corrected chi connectivity index (χ2v) is 18.5. The van der Waals surface area contributed by atoms with Crippen molar-refractivity contribution >= 4 is 0 Å². The molecule has 3 saturated carbocycles. The van der Waals surface area contributed by atoms with Gasteiger partial charge in [-0.25, -0.2) is 0 Å². The smallest absolute Gasteiger partial charge is 0.0285 e. The Morgan fingerprint density at radius 3 is 2.37 bits per heavy atom. The normalized spacial score (nSPS) is 39.6. The van der Waals surface area contributed by atoms with E-state index in [-0.39, 0.29) is 0 Å². The highest BCUT2D eigenvalue weighted by molar-refractivity contribution is 5.35. The van der Waals surface area contributed by atoms with Gasteiger partial charge in [0.2, 0.25) is 0 Å². The van der Waals surface area contributed by atoms with Gasteiger partial charge in [-0.1, -0.05) is 115 Å². The molecule has 9 atom stereocenters. The van der Waals surface area contributed by atoms with Gasteiger partial charge < -0.3 is 0 Å². The highest BCUT2D eigenvalue weighted by Gasteiger charge is 2.41. The third kappa shape index (κ3) is 8.60. The van der Waals surface area contributed by atoms with E-state index in [0.717, 1.165) is 41.4 Å². The molecule has 1 heterocycles. The fraction of sp³-hybridized carbons (Fsp3) is 0.720. The number of nitrogens with zero attached hydrogens (tertiary/aromatic N) is 1. The fourth-order valence-electron chi connectivity index (χ4n) is 12.6. The number of allylic oxidation sites excluding steroid dienone is 11. The predicted octanol–water partition coefficient (Wildman–Crippen LogP) is 14.1. The van der Waals surface area contributed by atoms with Gasteiger partial charge in [0.05, 0.1) is 0 Å². The summed E-state index contributed by atoms with van der Waals surface area (Å²) in [4.78, 5) is 3.06. The highest BCUT2D eigenvalue weighted by atomic mass is 15.2. The van der Waals surface area contributed by atoms with Crippen LogP contribution < -0.4 is 0 Å². The van der Waals surface area contributed by atoms with Gasteiger partial charge in [0.1, 0.15) is 0 Å². The van der Waals surface area contributed by atoms with E-state index in [0.29, 0.717) is 12.0 Å². The molecule has 0 saturated heterocycles. The van der Waals surface area contributed by atoms with Gasteiger partial charge in [-0.3, -0.25) is 4.90 Å². The van der Waals surface area contributed by atoms with Gasteiger partial charge in [-0.2, -0.15) is 0 Å². The molecule has 7 aliphatic rings. The molecule has 0 aromatic heterocycles. The minimum Gasteiger partial charge on any atom is -0.289 e. The van der Waals surface area contributed by atoms with Crippen LogP contribution in [0.3, 0.4) is 0 Å². The van der Waals surface area contributed by atoms with Crippen molar-refractivity contribution in [1.29, 1.82) is 0 Å². The van der Waals surface area contributed by atoms with Crippen LogP contribution in [0.5, 0.6) is 0 Å². The molecule has 7 rings (SSSR count). The van der Waals surface area contributed by atoms with Gasteiger partial charge in [-0.05, 0) is 177 Å². The van der Waals surface area contributed by atoms with Crippen LogP contribution in [0.1, 0.15) is 163 Å². The zero-order valence-corrected chi connectivity index (χ0v) is 33.5. The minimum atomic E-state index is 0.590. The van der Waals surface area contributed by atoms with Crippen molar-refractivity contribution < 1.29 is 0 Å². The molecule has 51 heavy (non-hydrogen) atoms. The summed E-state index contributed by atoms with van der Waals surface area (Å²) in [6.45, 7) is 12.2. The Balaban J connectivity index is 1.29. The first kappa shape index (κ1) is 37.5. The minimum absolute atomic E-state index is 0.590. The SMILES string of the molecule is C/C=C\CC(CCC)C1=C2CCCCC2C(/C2=C3\CCCCC3C(C)/C(C)=C/C=C(/[C@@H]3CCC4C=CCCC4C3)CN(C3C=CCCC3)C2)CC1. The van der Waals surface area contributed by atoms with Gasteiger partial charge in [0, 0.05) is 19.1 Å². The van der Waals surface area contributed by atoms with Crippen molar-refractivity contribution in [3.8, 4) is 0 Å². The molecule has 0 amide bonds. The summed E-state index contributed by atoms with van der Waals surface area (Å²) in [5.41, 5.74) is 11.2. The number of rotatable bonds is 8. The second kappa shape index (κ2) is 18.0. The Morgan fingerprint density at radius 1 is 0.765 bits per heavy atom. The standard InChI is InChI=1S/C50H75N/c1-5-7-18-39(17-6-2)45-31-32-49(48-26-16-15-25-47(45)48)50-35-51(43-21-9-8-10-22-43)34-42(41-30-29-38-19-11-12-20-40(38)33-41)28-27-36(3)37(4)44-23-13-14-24-46(44)50/h5,7,9,11,19,21,27-28,37-41,43-44,48-49H,6,8,10,12-18,20,22-26,29-35H2,1-4H3/b7-5-,36-27+,42-28+,50-46+/t37?,38?,39?,40?,41-,43?,44?,48?,49?/m1/s1. The van der Waals surface area contributed by atoms with Crippen LogP contribution in [-0.2, 0) is 0 Å². The monoisotopic (exact) mass is 690 g/mol. The van der Waals surface area contributed by atoms with E-state index in [1.807, 2.05) is 22.3 Å². The lowest BCUT2D eigenvalue weighted by molar-refractivity contribution is 0.188. The van der Waals surface area contributed by atoms with Crippen molar-refractivity contribution in [3.05, 3.63) is 82.0 Å². The Morgan fingerprint density at radius 2 is 1.57 bits per heavy atom. The predicted molar refractivity (Wildman–Crippen MR) is 221 cm³/mol. The molecule has 6 aliphatic carbocycles. The third-order valence-electron chi connectivity index (χ3n) is 15.6. The maximum absolute atomic E-state index is 3.06. The van der Waals surface area contributed by atoms with Crippen molar-refractivity contribution in [3.63, 3.8) is 0 Å². The molecule has 0 aromatic carbocycles. The average molecular weight is 690 g/mol. The molecule has 1 heteroatoms. The molecule has 0 radical (unpaired) electrons. The number of hydrogen-bond donors (Lipinski definition) is 0. The van der Waals surface area contributed by atoms with Crippen LogP contribution in [0.4, 0.5) is 0 Å². The Hall–Kier alpha value is -1.86. The van der Waals surface area contributed by atoms with Gasteiger partial charge >= 0.3 is 0 Å². The van der Waals surface area contributed by atoms with E-state index in [4.69, 9.17) is 0 Å². The van der Waals surface area contributed by atoms with Crippen LogP contribution in [-0.4, -0.2) is 24.0 Å². The van der Waals surface area contributed by atoms with Gasteiger partial charge in [0.25, 0.3) is 0 Å². The third-order valence-corrected chi connectivity index (χ3v) is 15.6. The molecule has 280 valence electrons. The van der Waals surface area contributed by atoms with Crippen LogP contribution in [0.25, 0.3) is 0 Å². The molecule has 0 bridgehead atoms. The molecule has 0 spiro atoms. The van der Waals surface area contributed by atoms with E-state index in [1.165, 1.54) is 148 Å². The van der Waals surface area contributed by atoms with E-state index in [9.17, 15) is 0 Å². The largest absolute Gasteiger partial charge is 0.289 e. The first-order valence-electron chi connectivity index (χ1n) is 22.5. The van der Waals surface area contributed by atoms with Gasteiger partial charge in [-0.15, -0.1) is 0 Å². The van der Waals surface area contributed by atoms with E-state index in [2.05, 4.69) is 81.2 Å². The summed E-state index contributed by atoms with van der Waals surface area (Å²) in [5.74, 6) is 6.19. The summed E-state index contributed by atoms with van der Waals surface area (Å²) in [6, 6.07) is 0.590. The van der Waals surface area contributed by atoms with E-state index >= 15 is 0 Å². The van der Waals surface area contributed by atoms with E-state index < -0.39 is 0 Å². The Labute approximate surface area is 315 Å². The summed E-state index contributed by atoms with van der Waals surface area (Å²) in [5, 5.41) is 0. The van der Waals surface area contributed by atoms with Crippen molar-refractivity contribution in [1.82, 2.24) is 4.90 Å². The molecule has 3 fully saturated rings. The molecule has 1 nitrogen and oxygen atoms in total. The van der Waals surface area contributed by atoms with Crippen molar-refractivity contribution in [2.75, 3.05) is 13.1 Å². The summed E-state index contributed by atoms with van der Waals surface area (Å²) < 4.78 is 0. The second-order valence-electron chi connectivity index (χ2n) is 18.5. The lowest BCUT2D eigenvalue weighted by Gasteiger charge is -2.46. The van der Waals surface area contributed by atoms with Gasteiger partial charge in [0.15, 0.2) is 0 Å². The molecule has 8 unspecified atom stereocenters. The first-order valence-corrected chi connectivity index (χ1v) is 22.5. The molecular formula is C50H75N. The first-order chi connectivity index (χ1) is 25.1. The molecular weight excluding hydrogens is 615 g/mol.